The third kappa shape index (κ3) is 0.543. The van der Waals surface area contributed by atoms with Crippen molar-refractivity contribution in [2.75, 3.05) is 0 Å². The predicted molar refractivity (Wildman–Crippen MR) is 28.6 cm³/mol. The van der Waals surface area contributed by atoms with Crippen LogP contribution in [0.4, 0.5) is 0 Å². The van der Waals surface area contributed by atoms with Crippen LogP contribution >= 0.6 is 0 Å². The molecule has 0 saturated carbocycles. The number of rotatable bonds is 0. The van der Waals surface area contributed by atoms with Crippen LogP contribution in [0.2, 0.25) is 0 Å². The third-order valence-electron chi connectivity index (χ3n) is 0.970. The maximum Gasteiger partial charge on any atom is 0.255 e. The zero-order valence-corrected chi connectivity index (χ0v) is 4.47. The Morgan fingerprint density at radius 3 is 3.00 bits per heavy atom. The van der Waals surface area contributed by atoms with E-state index in [9.17, 15) is 0 Å². The molecule has 0 fully saturated rings. The first-order valence-electron chi connectivity index (χ1n) is 2.42. The highest BCUT2D eigenvalue weighted by molar-refractivity contribution is 5.19. The lowest BCUT2D eigenvalue weighted by atomic mass is 11.0. The Morgan fingerprint density at radius 1 is 1.22 bits per heavy atom. The zero-order chi connectivity index (χ0) is 6.10. The Balaban J connectivity index is 2.95. The second-order valence-corrected chi connectivity index (χ2v) is 1.51. The van der Waals surface area contributed by atoms with Crippen LogP contribution in [0.5, 0.6) is 0 Å². The summed E-state index contributed by atoms with van der Waals surface area (Å²) in [5.41, 5.74) is 0. The van der Waals surface area contributed by atoms with Gasteiger partial charge in [-0.2, -0.15) is 19.6 Å². The molecular weight excluding hydrogens is 118 g/mol. The molecule has 0 spiro atoms. The van der Waals surface area contributed by atoms with E-state index in [1.807, 2.05) is 0 Å². The lowest BCUT2D eigenvalue weighted by Crippen LogP contribution is -1.89. The van der Waals surface area contributed by atoms with Crippen LogP contribution in [-0.2, 0) is 0 Å². The normalized spacial score (nSPS) is 10.2. The summed E-state index contributed by atoms with van der Waals surface area (Å²) in [7, 11) is 0. The predicted octanol–water partition coefficient (Wildman–Crippen LogP) is -0.481. The van der Waals surface area contributed by atoms with Gasteiger partial charge in [0.2, 0.25) is 0 Å². The molecule has 0 aromatic carbocycles. The van der Waals surface area contributed by atoms with Crippen molar-refractivity contribution in [3.05, 3.63) is 19.0 Å². The summed E-state index contributed by atoms with van der Waals surface area (Å²) in [5.74, 6) is 0.574. The molecule has 0 aliphatic heterocycles. The molecule has 5 heteroatoms. The average molecular weight is 121 g/mol. The van der Waals surface area contributed by atoms with Crippen molar-refractivity contribution in [3.8, 4) is 0 Å². The fraction of sp³-hybridized carbons (Fsp3) is 0. The SMILES string of the molecule is c1ncn2ncnc2n1. The summed E-state index contributed by atoms with van der Waals surface area (Å²) < 4.78 is 1.50. The van der Waals surface area contributed by atoms with E-state index in [0.29, 0.717) is 5.78 Å². The van der Waals surface area contributed by atoms with Crippen molar-refractivity contribution >= 4 is 5.78 Å². The van der Waals surface area contributed by atoms with Gasteiger partial charge in [-0.1, -0.05) is 0 Å². The molecule has 5 nitrogen and oxygen atoms in total. The van der Waals surface area contributed by atoms with Gasteiger partial charge in [0.15, 0.2) is 0 Å². The first-order valence-corrected chi connectivity index (χ1v) is 2.42. The van der Waals surface area contributed by atoms with Gasteiger partial charge in [0.1, 0.15) is 19.0 Å². The highest BCUT2D eigenvalue weighted by Gasteiger charge is 1.89. The Morgan fingerprint density at radius 2 is 2.11 bits per heavy atom. The molecule has 0 saturated heterocycles. The van der Waals surface area contributed by atoms with Crippen LogP contribution < -0.4 is 0 Å². The molecule has 0 radical (unpaired) electrons. The quantitative estimate of drug-likeness (QED) is 0.472. The second-order valence-electron chi connectivity index (χ2n) is 1.51. The highest BCUT2D eigenvalue weighted by Crippen LogP contribution is 1.84. The largest absolute Gasteiger partial charge is 0.255 e. The molecule has 0 bridgehead atoms. The molecule has 0 aliphatic rings. The van der Waals surface area contributed by atoms with Crippen molar-refractivity contribution in [3.63, 3.8) is 0 Å². The Bertz CT molecular complexity index is 283. The molecule has 0 atom stereocenters. The van der Waals surface area contributed by atoms with Crippen molar-refractivity contribution in [1.29, 1.82) is 0 Å². The first kappa shape index (κ1) is 4.37. The summed E-state index contributed by atoms with van der Waals surface area (Å²) in [6.07, 6.45) is 4.42. The zero-order valence-electron chi connectivity index (χ0n) is 4.47. The van der Waals surface area contributed by atoms with Crippen LogP contribution in [-0.4, -0.2) is 24.6 Å². The molecular formula is C4H3N5. The van der Waals surface area contributed by atoms with Gasteiger partial charge in [0.25, 0.3) is 5.78 Å². The van der Waals surface area contributed by atoms with Gasteiger partial charge in [0, 0.05) is 0 Å². The molecule has 2 rings (SSSR count). The summed E-state index contributed by atoms with van der Waals surface area (Å²) in [6, 6.07) is 0. The summed E-state index contributed by atoms with van der Waals surface area (Å²) in [4.78, 5) is 11.4. The standard InChI is InChI=1S/C4H3N5/c1-5-3-9-4(6-1)7-2-8-9/h1-3H. The minimum absolute atomic E-state index is 0.574. The van der Waals surface area contributed by atoms with E-state index in [4.69, 9.17) is 0 Å². The molecule has 0 aliphatic carbocycles. The molecule has 44 valence electrons. The number of nitrogens with zero attached hydrogens (tertiary/aromatic N) is 5. The minimum Gasteiger partial charge on any atom is -0.225 e. The van der Waals surface area contributed by atoms with Gasteiger partial charge in [-0.3, -0.25) is 0 Å². The van der Waals surface area contributed by atoms with Crippen LogP contribution in [0, 0.1) is 0 Å². The first-order chi connectivity index (χ1) is 4.47. The molecule has 0 unspecified atom stereocenters. The van der Waals surface area contributed by atoms with Crippen LogP contribution in [0.3, 0.4) is 0 Å². The van der Waals surface area contributed by atoms with Crippen LogP contribution in [0.1, 0.15) is 0 Å². The second kappa shape index (κ2) is 1.48. The number of aromatic nitrogens is 5. The maximum atomic E-state index is 3.82. The van der Waals surface area contributed by atoms with Crippen LogP contribution in [0.25, 0.3) is 5.78 Å². The van der Waals surface area contributed by atoms with Gasteiger partial charge in [-0.15, -0.1) is 0 Å². The van der Waals surface area contributed by atoms with Crippen LogP contribution in [0.15, 0.2) is 19.0 Å². The van der Waals surface area contributed by atoms with Crippen molar-refractivity contribution in [2.24, 2.45) is 0 Å². The number of hydrogen-bond donors (Lipinski definition) is 0. The van der Waals surface area contributed by atoms with E-state index in [-0.39, 0.29) is 0 Å². The molecule has 2 heterocycles. The maximum absolute atomic E-state index is 3.82. The minimum atomic E-state index is 0.574. The van der Waals surface area contributed by atoms with E-state index in [2.05, 4.69) is 20.1 Å². The van der Waals surface area contributed by atoms with Gasteiger partial charge in [-0.05, 0) is 0 Å². The number of fused-ring (bicyclic) bond motifs is 1. The third-order valence-corrected chi connectivity index (χ3v) is 0.970. The van der Waals surface area contributed by atoms with Gasteiger partial charge < -0.3 is 0 Å². The Labute approximate surface area is 50.4 Å². The average Bonchev–Trinajstić information content (AvgIpc) is 2.33. The monoisotopic (exact) mass is 121 g/mol. The summed E-state index contributed by atoms with van der Waals surface area (Å²) in [5, 5.41) is 3.80. The van der Waals surface area contributed by atoms with Crippen molar-refractivity contribution in [1.82, 2.24) is 24.6 Å². The Kier molecular flexibility index (Phi) is 0.717. The number of hydrogen-bond acceptors (Lipinski definition) is 4. The van der Waals surface area contributed by atoms with E-state index in [0.717, 1.165) is 0 Å². The highest BCUT2D eigenvalue weighted by atomic mass is 15.3. The summed E-state index contributed by atoms with van der Waals surface area (Å²) in [6.45, 7) is 0. The summed E-state index contributed by atoms with van der Waals surface area (Å²) >= 11 is 0. The topological polar surface area (TPSA) is 56.0 Å². The van der Waals surface area contributed by atoms with Gasteiger partial charge in [-0.25, -0.2) is 4.98 Å². The van der Waals surface area contributed by atoms with Gasteiger partial charge in [0.05, 0.1) is 0 Å². The van der Waals surface area contributed by atoms with Crippen molar-refractivity contribution < 1.29 is 0 Å². The van der Waals surface area contributed by atoms with E-state index < -0.39 is 0 Å². The van der Waals surface area contributed by atoms with Gasteiger partial charge >= 0.3 is 0 Å². The molecule has 9 heavy (non-hydrogen) atoms. The van der Waals surface area contributed by atoms with Crippen molar-refractivity contribution in [2.45, 2.75) is 0 Å². The lowest BCUT2D eigenvalue weighted by molar-refractivity contribution is 0.890. The smallest absolute Gasteiger partial charge is 0.225 e. The van der Waals surface area contributed by atoms with E-state index >= 15 is 0 Å². The van der Waals surface area contributed by atoms with E-state index in [1.54, 1.807) is 6.33 Å². The molecule has 2 aromatic heterocycles. The molecule has 2 aromatic rings. The molecule has 0 N–H and O–H groups in total. The fourth-order valence-corrected chi connectivity index (χ4v) is 0.596. The molecule has 0 amide bonds. The Hall–Kier alpha value is -1.52. The fourth-order valence-electron chi connectivity index (χ4n) is 0.596. The lowest BCUT2D eigenvalue weighted by Gasteiger charge is -1.82. The van der Waals surface area contributed by atoms with E-state index in [1.165, 1.54) is 17.2 Å².